The van der Waals surface area contributed by atoms with Crippen molar-refractivity contribution in [3.05, 3.63) is 41.1 Å². The number of hydrogen-bond acceptors (Lipinski definition) is 4. The van der Waals surface area contributed by atoms with Crippen molar-refractivity contribution < 1.29 is 13.5 Å². The van der Waals surface area contributed by atoms with Crippen LogP contribution in [0.2, 0.25) is 0 Å². The highest BCUT2D eigenvalue weighted by atomic mass is 79.9. The van der Waals surface area contributed by atoms with Crippen LogP contribution in [0.15, 0.2) is 46.0 Å². The van der Waals surface area contributed by atoms with Crippen LogP contribution < -0.4 is 4.72 Å². The van der Waals surface area contributed by atoms with Crippen LogP contribution >= 0.6 is 15.9 Å². The molecule has 6 nitrogen and oxygen atoms in total. The summed E-state index contributed by atoms with van der Waals surface area (Å²) < 4.78 is 29.1. The molecule has 0 atom stereocenters. The monoisotopic (exact) mass is 359 g/mol. The number of para-hydroxylation sites is 1. The molecule has 0 aliphatic heterocycles. The highest BCUT2D eigenvalue weighted by molar-refractivity contribution is 9.10. The van der Waals surface area contributed by atoms with E-state index in [2.05, 4.69) is 25.8 Å². The number of halogens is 1. The van der Waals surface area contributed by atoms with Crippen molar-refractivity contribution >= 4 is 31.6 Å². The van der Waals surface area contributed by atoms with Crippen molar-refractivity contribution in [3.8, 4) is 0 Å². The number of aryl methyl sites for hydroxylation is 1. The molecule has 0 saturated carbocycles. The van der Waals surface area contributed by atoms with Crippen LogP contribution in [0.1, 0.15) is 6.42 Å². The van der Waals surface area contributed by atoms with Crippen LogP contribution in [0.5, 0.6) is 0 Å². The number of anilines is 1. The van der Waals surface area contributed by atoms with Gasteiger partial charge in [-0.05, 0) is 34.5 Å². The lowest BCUT2D eigenvalue weighted by atomic mass is 10.3. The molecule has 0 aliphatic rings. The third-order valence-corrected chi connectivity index (χ3v) is 4.59. The number of hydrogen-bond donors (Lipinski definition) is 2. The van der Waals surface area contributed by atoms with Crippen molar-refractivity contribution in [1.82, 2.24) is 9.78 Å². The van der Waals surface area contributed by atoms with E-state index < -0.39 is 10.0 Å². The predicted molar refractivity (Wildman–Crippen MR) is 78.9 cm³/mol. The summed E-state index contributed by atoms with van der Waals surface area (Å²) in [5.74, 6) is 0. The average molecular weight is 360 g/mol. The molecule has 1 aromatic heterocycles. The number of nitrogens with one attached hydrogen (secondary N) is 1. The molecule has 0 bridgehead atoms. The van der Waals surface area contributed by atoms with Gasteiger partial charge in [-0.15, -0.1) is 0 Å². The Balaban J connectivity index is 2.18. The number of rotatable bonds is 6. The van der Waals surface area contributed by atoms with Gasteiger partial charge in [0.05, 0.1) is 11.9 Å². The molecule has 108 valence electrons. The summed E-state index contributed by atoms with van der Waals surface area (Å²) in [6.45, 7) is 0.512. The third kappa shape index (κ3) is 3.59. The first-order valence-corrected chi connectivity index (χ1v) is 8.21. The van der Waals surface area contributed by atoms with Crippen LogP contribution in [0.4, 0.5) is 5.69 Å². The second-order valence-electron chi connectivity index (χ2n) is 4.10. The maximum atomic E-state index is 12.2. The molecular formula is C12H14BrN3O3S. The van der Waals surface area contributed by atoms with E-state index in [0.717, 1.165) is 0 Å². The molecule has 2 N–H and O–H groups in total. The Labute approximate surface area is 125 Å². The van der Waals surface area contributed by atoms with Gasteiger partial charge in [0.2, 0.25) is 0 Å². The fourth-order valence-electron chi connectivity index (χ4n) is 1.59. The minimum absolute atomic E-state index is 0.0388. The van der Waals surface area contributed by atoms with Gasteiger partial charge in [0.1, 0.15) is 4.90 Å². The molecule has 0 amide bonds. The summed E-state index contributed by atoms with van der Waals surface area (Å²) in [6, 6.07) is 6.96. The Morgan fingerprint density at radius 2 is 2.10 bits per heavy atom. The zero-order valence-electron chi connectivity index (χ0n) is 10.5. The Morgan fingerprint density at radius 3 is 2.80 bits per heavy atom. The number of sulfonamides is 1. The van der Waals surface area contributed by atoms with Gasteiger partial charge >= 0.3 is 0 Å². The third-order valence-electron chi connectivity index (χ3n) is 2.58. The maximum absolute atomic E-state index is 12.2. The van der Waals surface area contributed by atoms with E-state index in [-0.39, 0.29) is 11.5 Å². The Morgan fingerprint density at radius 1 is 1.35 bits per heavy atom. The maximum Gasteiger partial charge on any atom is 0.265 e. The number of benzene rings is 1. The first-order chi connectivity index (χ1) is 9.53. The lowest BCUT2D eigenvalue weighted by Crippen LogP contribution is -2.12. The lowest BCUT2D eigenvalue weighted by Gasteiger charge is -2.07. The number of nitrogens with zero attached hydrogens (tertiary/aromatic N) is 2. The van der Waals surface area contributed by atoms with Crippen molar-refractivity contribution in [2.75, 3.05) is 11.3 Å². The molecule has 1 aromatic carbocycles. The predicted octanol–water partition coefficient (Wildman–Crippen LogP) is 1.83. The summed E-state index contributed by atoms with van der Waals surface area (Å²) >= 11 is 3.29. The highest BCUT2D eigenvalue weighted by Gasteiger charge is 2.17. The molecule has 0 spiro atoms. The molecular weight excluding hydrogens is 346 g/mol. The summed E-state index contributed by atoms with van der Waals surface area (Å²) in [5, 5.41) is 12.7. The standard InChI is InChI=1S/C12H14BrN3O3S/c13-11-4-1-2-5-12(11)15-20(18,19)10-8-14-16(9-10)6-3-7-17/h1-2,4-5,8-9,15,17H,3,6-7H2. The van der Waals surface area contributed by atoms with E-state index >= 15 is 0 Å². The largest absolute Gasteiger partial charge is 0.396 e. The minimum atomic E-state index is -3.67. The van der Waals surface area contributed by atoms with Crippen LogP contribution in [-0.4, -0.2) is 29.9 Å². The molecule has 20 heavy (non-hydrogen) atoms. The SMILES string of the molecule is O=S(=O)(Nc1ccccc1Br)c1cnn(CCCO)c1. The molecule has 2 aromatic rings. The first-order valence-electron chi connectivity index (χ1n) is 5.93. The van der Waals surface area contributed by atoms with E-state index in [9.17, 15) is 8.42 Å². The van der Waals surface area contributed by atoms with Gasteiger partial charge in [-0.3, -0.25) is 9.40 Å². The molecule has 2 rings (SSSR count). The second kappa shape index (κ2) is 6.38. The van der Waals surface area contributed by atoms with Gasteiger partial charge in [0.25, 0.3) is 10.0 Å². The van der Waals surface area contributed by atoms with Crippen molar-refractivity contribution in [2.45, 2.75) is 17.9 Å². The Hall–Kier alpha value is -1.38. The highest BCUT2D eigenvalue weighted by Crippen LogP contribution is 2.24. The molecule has 0 unspecified atom stereocenters. The van der Waals surface area contributed by atoms with Crippen molar-refractivity contribution in [1.29, 1.82) is 0 Å². The fourth-order valence-corrected chi connectivity index (χ4v) is 3.13. The van der Waals surface area contributed by atoms with Gasteiger partial charge in [-0.1, -0.05) is 12.1 Å². The van der Waals surface area contributed by atoms with Crippen LogP contribution in [0.3, 0.4) is 0 Å². The smallest absolute Gasteiger partial charge is 0.265 e. The number of aliphatic hydroxyl groups excluding tert-OH is 1. The first kappa shape index (κ1) is 15.0. The summed E-state index contributed by atoms with van der Waals surface area (Å²) in [7, 11) is -3.67. The minimum Gasteiger partial charge on any atom is -0.396 e. The van der Waals surface area contributed by atoms with Gasteiger partial charge in [-0.2, -0.15) is 5.10 Å². The average Bonchev–Trinajstić information content (AvgIpc) is 2.88. The summed E-state index contributed by atoms with van der Waals surface area (Å²) in [5.41, 5.74) is 0.468. The van der Waals surface area contributed by atoms with Gasteiger partial charge in [0, 0.05) is 23.8 Å². The van der Waals surface area contributed by atoms with E-state index in [4.69, 9.17) is 5.11 Å². The van der Waals surface area contributed by atoms with Gasteiger partial charge in [-0.25, -0.2) is 8.42 Å². The Bertz CT molecular complexity index is 685. The zero-order valence-corrected chi connectivity index (χ0v) is 12.9. The molecule has 0 fully saturated rings. The number of aromatic nitrogens is 2. The van der Waals surface area contributed by atoms with E-state index in [0.29, 0.717) is 23.1 Å². The quantitative estimate of drug-likeness (QED) is 0.823. The van der Waals surface area contributed by atoms with Gasteiger partial charge in [0.15, 0.2) is 0 Å². The van der Waals surface area contributed by atoms with E-state index in [1.807, 2.05) is 0 Å². The molecule has 8 heteroatoms. The van der Waals surface area contributed by atoms with E-state index in [1.54, 1.807) is 24.3 Å². The lowest BCUT2D eigenvalue weighted by molar-refractivity contribution is 0.277. The molecule has 0 aliphatic carbocycles. The summed E-state index contributed by atoms with van der Waals surface area (Å²) in [6.07, 6.45) is 3.25. The van der Waals surface area contributed by atoms with Gasteiger partial charge < -0.3 is 5.11 Å². The van der Waals surface area contributed by atoms with E-state index in [1.165, 1.54) is 17.1 Å². The molecule has 0 radical (unpaired) electrons. The zero-order chi connectivity index (χ0) is 14.6. The van der Waals surface area contributed by atoms with Crippen LogP contribution in [-0.2, 0) is 16.6 Å². The molecule has 0 saturated heterocycles. The normalized spacial score (nSPS) is 11.5. The van der Waals surface area contributed by atoms with Crippen molar-refractivity contribution in [3.63, 3.8) is 0 Å². The molecule has 1 heterocycles. The summed E-state index contributed by atoms with van der Waals surface area (Å²) in [4.78, 5) is 0.0891. The second-order valence-corrected chi connectivity index (χ2v) is 6.64. The fraction of sp³-hybridized carbons (Fsp3) is 0.250. The number of aliphatic hydroxyl groups is 1. The van der Waals surface area contributed by atoms with Crippen LogP contribution in [0, 0.1) is 0 Å². The van der Waals surface area contributed by atoms with Crippen molar-refractivity contribution in [2.24, 2.45) is 0 Å². The Kier molecular flexibility index (Phi) is 4.79. The topological polar surface area (TPSA) is 84.2 Å². The van der Waals surface area contributed by atoms with Crippen LogP contribution in [0.25, 0.3) is 0 Å².